The van der Waals surface area contributed by atoms with Gasteiger partial charge in [0.15, 0.2) is 6.10 Å². The second-order valence-electron chi connectivity index (χ2n) is 15.7. The van der Waals surface area contributed by atoms with Crippen LogP contribution in [0.5, 0.6) is 0 Å². The number of phosphoric ester groups is 1. The smallest absolute Gasteiger partial charge is 0.306 e. The molecule has 0 spiro atoms. The van der Waals surface area contributed by atoms with Crippen LogP contribution >= 0.6 is 7.82 Å². The minimum atomic E-state index is -4.65. The van der Waals surface area contributed by atoms with Crippen LogP contribution in [0.15, 0.2) is 85.1 Å². The number of nitrogens with zero attached hydrogens (tertiary/aromatic N) is 1. The van der Waals surface area contributed by atoms with Gasteiger partial charge in [0.05, 0.1) is 27.7 Å². The van der Waals surface area contributed by atoms with Crippen molar-refractivity contribution in [2.24, 2.45) is 0 Å². The number of allylic oxidation sites excluding steroid dienone is 14. The fourth-order valence-electron chi connectivity index (χ4n) is 5.44. The van der Waals surface area contributed by atoms with E-state index in [1.807, 2.05) is 33.3 Å². The van der Waals surface area contributed by atoms with Gasteiger partial charge in [-0.2, -0.15) is 0 Å². The lowest BCUT2D eigenvalue weighted by Gasteiger charge is -2.28. The Balaban J connectivity index is 4.49. The molecule has 9 nitrogen and oxygen atoms in total. The van der Waals surface area contributed by atoms with Gasteiger partial charge in [-0.1, -0.05) is 150 Å². The molecule has 0 fully saturated rings. The summed E-state index contributed by atoms with van der Waals surface area (Å²) in [5, 5.41) is 0. The number of hydrogen-bond acceptors (Lipinski definition) is 8. The second-order valence-corrected chi connectivity index (χ2v) is 17.1. The van der Waals surface area contributed by atoms with Crippen LogP contribution in [0.2, 0.25) is 0 Å². The minimum Gasteiger partial charge on any atom is -0.756 e. The molecular formula is C48H82NO8P. The van der Waals surface area contributed by atoms with Crippen molar-refractivity contribution in [1.82, 2.24) is 0 Å². The van der Waals surface area contributed by atoms with Gasteiger partial charge in [0.25, 0.3) is 7.82 Å². The van der Waals surface area contributed by atoms with E-state index >= 15 is 0 Å². The van der Waals surface area contributed by atoms with Crippen molar-refractivity contribution in [3.63, 3.8) is 0 Å². The third-order valence-electron chi connectivity index (χ3n) is 8.91. The van der Waals surface area contributed by atoms with E-state index in [4.69, 9.17) is 18.5 Å². The molecule has 0 bridgehead atoms. The molecule has 0 rings (SSSR count). The summed E-state index contributed by atoms with van der Waals surface area (Å²) in [5.41, 5.74) is 0. The van der Waals surface area contributed by atoms with Crippen molar-refractivity contribution in [2.45, 2.75) is 161 Å². The topological polar surface area (TPSA) is 111 Å². The molecule has 0 saturated heterocycles. The number of hydrogen-bond donors (Lipinski definition) is 0. The van der Waals surface area contributed by atoms with Gasteiger partial charge in [0.2, 0.25) is 0 Å². The molecule has 0 heterocycles. The van der Waals surface area contributed by atoms with E-state index in [1.54, 1.807) is 0 Å². The van der Waals surface area contributed by atoms with Crippen molar-refractivity contribution in [3.8, 4) is 0 Å². The zero-order chi connectivity index (χ0) is 42.8. The molecule has 0 aromatic carbocycles. The lowest BCUT2D eigenvalue weighted by molar-refractivity contribution is -0.870. The number of ether oxygens (including phenoxy) is 2. The highest BCUT2D eigenvalue weighted by atomic mass is 31.2. The molecule has 1 unspecified atom stereocenters. The standard InChI is InChI=1S/C48H82NO8P/c1-6-8-10-12-14-16-18-20-22-23-24-25-27-28-30-32-34-36-38-40-47(50)54-44-46(45-56-58(52,53)55-43-42-49(3,4)5)57-48(51)41-39-37-35-33-31-29-26-21-19-17-15-13-11-9-7-2/h8,10,14,16-17,19-20,22,24-25,28,30,34,36,46H,6-7,9,11-13,15,18,21,23,26-27,29,31-33,35,37-45H2,1-5H3/b10-8-,16-14-,19-17-,22-20-,25-24-,30-28-,36-34-/t46-/m1/s1. The fourth-order valence-corrected chi connectivity index (χ4v) is 6.17. The van der Waals surface area contributed by atoms with Crippen molar-refractivity contribution in [2.75, 3.05) is 47.5 Å². The highest BCUT2D eigenvalue weighted by Gasteiger charge is 2.21. The first-order chi connectivity index (χ1) is 28.0. The Kier molecular flexibility index (Phi) is 37.7. The Morgan fingerprint density at radius 2 is 1.02 bits per heavy atom. The van der Waals surface area contributed by atoms with Crippen molar-refractivity contribution < 1.29 is 42.1 Å². The third kappa shape index (κ3) is 42.8. The maximum Gasteiger partial charge on any atom is 0.306 e. The van der Waals surface area contributed by atoms with Crippen LogP contribution in [0.3, 0.4) is 0 Å². The lowest BCUT2D eigenvalue weighted by atomic mass is 10.1. The van der Waals surface area contributed by atoms with Crippen LogP contribution < -0.4 is 4.89 Å². The predicted molar refractivity (Wildman–Crippen MR) is 240 cm³/mol. The number of carbonyl (C=O) groups is 2. The molecular weight excluding hydrogens is 750 g/mol. The number of carbonyl (C=O) groups excluding carboxylic acids is 2. The Labute approximate surface area is 354 Å². The van der Waals surface area contributed by atoms with E-state index in [9.17, 15) is 19.0 Å². The minimum absolute atomic E-state index is 0.0471. The molecule has 0 amide bonds. The quantitative estimate of drug-likeness (QED) is 0.0198. The van der Waals surface area contributed by atoms with E-state index in [2.05, 4.69) is 86.8 Å². The molecule has 0 saturated carbocycles. The molecule has 0 aliphatic carbocycles. The molecule has 58 heavy (non-hydrogen) atoms. The first kappa shape index (κ1) is 55.2. The van der Waals surface area contributed by atoms with Crippen LogP contribution in [0.1, 0.15) is 155 Å². The summed E-state index contributed by atoms with van der Waals surface area (Å²) in [7, 11) is 1.11. The Morgan fingerprint density at radius 3 is 1.53 bits per heavy atom. The van der Waals surface area contributed by atoms with E-state index in [1.165, 1.54) is 51.4 Å². The van der Waals surface area contributed by atoms with Crippen molar-refractivity contribution in [3.05, 3.63) is 85.1 Å². The molecule has 0 aliphatic heterocycles. The average Bonchev–Trinajstić information content (AvgIpc) is 3.17. The number of unbranched alkanes of at least 4 members (excludes halogenated alkanes) is 11. The highest BCUT2D eigenvalue weighted by Crippen LogP contribution is 2.38. The molecule has 0 radical (unpaired) electrons. The van der Waals surface area contributed by atoms with Gasteiger partial charge in [0.1, 0.15) is 19.8 Å². The van der Waals surface area contributed by atoms with Crippen LogP contribution in [-0.2, 0) is 32.7 Å². The summed E-state index contributed by atoms with van der Waals surface area (Å²) in [5.74, 6) is -0.945. The summed E-state index contributed by atoms with van der Waals surface area (Å²) in [6, 6.07) is 0. The van der Waals surface area contributed by atoms with E-state index in [0.717, 1.165) is 64.2 Å². The molecule has 0 N–H and O–H groups in total. The van der Waals surface area contributed by atoms with Gasteiger partial charge >= 0.3 is 11.9 Å². The predicted octanol–water partition coefficient (Wildman–Crippen LogP) is 12.2. The van der Waals surface area contributed by atoms with Crippen LogP contribution in [0.4, 0.5) is 0 Å². The summed E-state index contributed by atoms with van der Waals surface area (Å²) >= 11 is 0. The number of phosphoric acid groups is 1. The maximum absolute atomic E-state index is 12.7. The highest BCUT2D eigenvalue weighted by molar-refractivity contribution is 7.45. The molecule has 332 valence electrons. The molecule has 0 aliphatic rings. The first-order valence-corrected chi connectivity index (χ1v) is 23.8. The molecule has 2 atom stereocenters. The molecule has 0 aromatic rings. The molecule has 10 heteroatoms. The van der Waals surface area contributed by atoms with Gasteiger partial charge in [-0.05, 0) is 77.0 Å². The van der Waals surface area contributed by atoms with Crippen LogP contribution in [0, 0.1) is 0 Å². The lowest BCUT2D eigenvalue weighted by Crippen LogP contribution is -2.37. The zero-order valence-corrected chi connectivity index (χ0v) is 38.1. The largest absolute Gasteiger partial charge is 0.756 e. The van der Waals surface area contributed by atoms with Gasteiger partial charge in [0, 0.05) is 12.8 Å². The average molecular weight is 832 g/mol. The number of likely N-dealkylation sites (N-methyl/N-ethyl adjacent to an activating group) is 1. The summed E-state index contributed by atoms with van der Waals surface area (Å²) in [6.07, 6.45) is 50.5. The maximum atomic E-state index is 12.7. The van der Waals surface area contributed by atoms with E-state index in [0.29, 0.717) is 23.9 Å². The summed E-state index contributed by atoms with van der Waals surface area (Å²) in [4.78, 5) is 37.5. The zero-order valence-electron chi connectivity index (χ0n) is 37.2. The summed E-state index contributed by atoms with van der Waals surface area (Å²) in [6.45, 7) is 3.99. The molecule has 0 aromatic heterocycles. The van der Waals surface area contributed by atoms with E-state index < -0.39 is 32.5 Å². The number of esters is 2. The summed E-state index contributed by atoms with van der Waals surface area (Å²) < 4.78 is 33.8. The van der Waals surface area contributed by atoms with Gasteiger partial charge in [-0.3, -0.25) is 14.2 Å². The van der Waals surface area contributed by atoms with E-state index in [-0.39, 0.29) is 26.1 Å². The normalized spacial score (nSPS) is 14.4. The van der Waals surface area contributed by atoms with Crippen LogP contribution in [-0.4, -0.2) is 70.0 Å². The number of rotatable bonds is 39. The monoisotopic (exact) mass is 832 g/mol. The van der Waals surface area contributed by atoms with Crippen molar-refractivity contribution in [1.29, 1.82) is 0 Å². The van der Waals surface area contributed by atoms with Gasteiger partial charge in [-0.15, -0.1) is 0 Å². The fraction of sp³-hybridized carbons (Fsp3) is 0.667. The first-order valence-electron chi connectivity index (χ1n) is 22.3. The SMILES string of the molecule is CC/C=C\C/C=C\C/C=C\C/C=C\C/C=C\C/C=C\CCC(=O)OC[C@H](COP(=O)([O-])OCC[N+](C)(C)C)OC(=O)CCCCCCCCC/C=C\CCCCCC. The second kappa shape index (κ2) is 39.6. The van der Waals surface area contributed by atoms with Crippen LogP contribution in [0.25, 0.3) is 0 Å². The Morgan fingerprint density at radius 1 is 0.552 bits per heavy atom. The van der Waals surface area contributed by atoms with Crippen molar-refractivity contribution >= 4 is 19.8 Å². The Hall–Kier alpha value is -2.81. The third-order valence-corrected chi connectivity index (χ3v) is 9.88. The van der Waals surface area contributed by atoms with Gasteiger partial charge in [-0.25, -0.2) is 0 Å². The number of quaternary nitrogens is 1. The van der Waals surface area contributed by atoms with Gasteiger partial charge < -0.3 is 27.9 Å². The Bertz CT molecular complexity index is 1260.